The summed E-state index contributed by atoms with van der Waals surface area (Å²) < 4.78 is 0. The van der Waals surface area contributed by atoms with Crippen molar-refractivity contribution in [3.8, 4) is 11.1 Å². The number of amides is 2. The maximum Gasteiger partial charge on any atom is 0.319 e. The Balaban J connectivity index is 1.63. The smallest absolute Gasteiger partial charge is 0.319 e. The number of hydrogen-bond donors (Lipinski definition) is 2. The Hall–Kier alpha value is -3.07. The third-order valence-corrected chi connectivity index (χ3v) is 4.14. The minimum absolute atomic E-state index is 0.119. The lowest BCUT2D eigenvalue weighted by Gasteiger charge is -2.16. The molecule has 1 aliphatic carbocycles. The van der Waals surface area contributed by atoms with Gasteiger partial charge in [0.2, 0.25) is 0 Å². The van der Waals surface area contributed by atoms with Crippen molar-refractivity contribution >= 4 is 11.7 Å². The van der Waals surface area contributed by atoms with Gasteiger partial charge in [0.05, 0.1) is 6.04 Å². The summed E-state index contributed by atoms with van der Waals surface area (Å²) in [7, 11) is 0. The van der Waals surface area contributed by atoms with Crippen LogP contribution >= 0.6 is 0 Å². The monoisotopic (exact) mass is 300 g/mol. The van der Waals surface area contributed by atoms with Crippen LogP contribution in [0.3, 0.4) is 0 Å². The molecule has 2 amide bonds. The van der Waals surface area contributed by atoms with Crippen molar-refractivity contribution in [1.82, 2.24) is 5.32 Å². The first-order valence-corrected chi connectivity index (χ1v) is 7.64. The molecule has 0 radical (unpaired) electrons. The van der Waals surface area contributed by atoms with Crippen molar-refractivity contribution in [2.75, 3.05) is 5.32 Å². The highest BCUT2D eigenvalue weighted by atomic mass is 16.2. The van der Waals surface area contributed by atoms with Crippen LogP contribution in [0, 0.1) is 0 Å². The summed E-state index contributed by atoms with van der Waals surface area (Å²) in [5.41, 5.74) is 5.43. The van der Waals surface area contributed by atoms with E-state index in [1.807, 2.05) is 54.6 Å². The molecule has 3 nitrogen and oxygen atoms in total. The van der Waals surface area contributed by atoms with Crippen LogP contribution in [-0.4, -0.2) is 6.03 Å². The van der Waals surface area contributed by atoms with E-state index >= 15 is 0 Å². The van der Waals surface area contributed by atoms with E-state index in [1.54, 1.807) is 0 Å². The van der Waals surface area contributed by atoms with Crippen molar-refractivity contribution in [2.45, 2.75) is 6.04 Å². The van der Waals surface area contributed by atoms with Crippen LogP contribution in [0.25, 0.3) is 11.1 Å². The van der Waals surface area contributed by atoms with E-state index in [2.05, 4.69) is 34.9 Å². The number of fused-ring (bicyclic) bond motifs is 3. The van der Waals surface area contributed by atoms with E-state index in [4.69, 9.17) is 0 Å². The van der Waals surface area contributed by atoms with Gasteiger partial charge in [-0.1, -0.05) is 66.7 Å². The second-order valence-electron chi connectivity index (χ2n) is 5.57. The molecule has 0 bridgehead atoms. The Morgan fingerprint density at radius 2 is 1.22 bits per heavy atom. The van der Waals surface area contributed by atoms with Crippen molar-refractivity contribution < 1.29 is 4.79 Å². The lowest BCUT2D eigenvalue weighted by atomic mass is 10.1. The van der Waals surface area contributed by atoms with Gasteiger partial charge in [0, 0.05) is 5.69 Å². The summed E-state index contributed by atoms with van der Waals surface area (Å²) in [6.45, 7) is 0. The van der Waals surface area contributed by atoms with Gasteiger partial charge in [-0.3, -0.25) is 0 Å². The Kier molecular flexibility index (Phi) is 3.31. The fourth-order valence-electron chi connectivity index (χ4n) is 3.13. The third kappa shape index (κ3) is 2.46. The molecule has 0 saturated carbocycles. The lowest BCUT2D eigenvalue weighted by molar-refractivity contribution is 0.250. The summed E-state index contributed by atoms with van der Waals surface area (Å²) in [5, 5.41) is 5.97. The molecule has 4 rings (SSSR count). The highest BCUT2D eigenvalue weighted by molar-refractivity contribution is 5.91. The van der Waals surface area contributed by atoms with E-state index in [9.17, 15) is 4.79 Å². The molecule has 0 unspecified atom stereocenters. The van der Waals surface area contributed by atoms with Crippen LogP contribution in [0.1, 0.15) is 17.2 Å². The lowest BCUT2D eigenvalue weighted by Crippen LogP contribution is -2.32. The first-order valence-electron chi connectivity index (χ1n) is 7.64. The van der Waals surface area contributed by atoms with Gasteiger partial charge < -0.3 is 10.6 Å². The molecule has 0 heterocycles. The van der Waals surface area contributed by atoms with Gasteiger partial charge in [-0.15, -0.1) is 0 Å². The first kappa shape index (κ1) is 13.6. The fraction of sp³-hybridized carbons (Fsp3) is 0.0500. The number of benzene rings is 3. The number of hydrogen-bond acceptors (Lipinski definition) is 1. The molecule has 3 aromatic rings. The Bertz CT molecular complexity index is 813. The molecule has 1 aliphatic rings. The Morgan fingerprint density at radius 1 is 0.696 bits per heavy atom. The van der Waals surface area contributed by atoms with Crippen LogP contribution in [0.15, 0.2) is 78.9 Å². The first-order chi connectivity index (χ1) is 11.3. The van der Waals surface area contributed by atoms with E-state index in [0.717, 1.165) is 16.8 Å². The third-order valence-electron chi connectivity index (χ3n) is 4.14. The van der Waals surface area contributed by atoms with E-state index < -0.39 is 0 Å². The van der Waals surface area contributed by atoms with Crippen molar-refractivity contribution in [3.63, 3.8) is 0 Å². The molecule has 3 aromatic carbocycles. The molecule has 2 N–H and O–H groups in total. The molecule has 0 spiro atoms. The predicted molar refractivity (Wildman–Crippen MR) is 92.3 cm³/mol. The van der Waals surface area contributed by atoms with E-state index in [1.165, 1.54) is 11.1 Å². The van der Waals surface area contributed by atoms with E-state index in [0.29, 0.717) is 0 Å². The van der Waals surface area contributed by atoms with Gasteiger partial charge >= 0.3 is 6.03 Å². The topological polar surface area (TPSA) is 41.1 Å². The number of carbonyl (C=O) groups is 1. The van der Waals surface area contributed by atoms with Crippen molar-refractivity contribution in [1.29, 1.82) is 0 Å². The molecule has 0 saturated heterocycles. The maximum atomic E-state index is 12.4. The number of rotatable bonds is 2. The quantitative estimate of drug-likeness (QED) is 0.714. The zero-order chi connectivity index (χ0) is 15.6. The van der Waals surface area contributed by atoms with Crippen molar-refractivity contribution in [2.24, 2.45) is 0 Å². The van der Waals surface area contributed by atoms with Crippen LogP contribution < -0.4 is 10.6 Å². The molecule has 0 fully saturated rings. The Labute approximate surface area is 135 Å². The highest BCUT2D eigenvalue weighted by Gasteiger charge is 2.29. The maximum absolute atomic E-state index is 12.4. The molecule has 112 valence electrons. The molecular weight excluding hydrogens is 284 g/mol. The van der Waals surface area contributed by atoms with Gasteiger partial charge in [-0.2, -0.15) is 0 Å². The summed E-state index contributed by atoms with van der Waals surface area (Å²) in [5.74, 6) is 0. The minimum Gasteiger partial charge on any atom is -0.327 e. The molecular formula is C20H16N2O. The number of nitrogens with one attached hydrogen (secondary N) is 2. The highest BCUT2D eigenvalue weighted by Crippen LogP contribution is 2.42. The van der Waals surface area contributed by atoms with E-state index in [-0.39, 0.29) is 12.1 Å². The van der Waals surface area contributed by atoms with Gasteiger partial charge in [-0.25, -0.2) is 4.79 Å². The van der Waals surface area contributed by atoms with Gasteiger partial charge in [-0.05, 0) is 34.4 Å². The fourth-order valence-corrected chi connectivity index (χ4v) is 3.13. The average Bonchev–Trinajstić information content (AvgIpc) is 2.90. The summed E-state index contributed by atoms with van der Waals surface area (Å²) in [4.78, 5) is 12.4. The number of carbonyl (C=O) groups excluding carboxylic acids is 1. The zero-order valence-corrected chi connectivity index (χ0v) is 12.5. The van der Waals surface area contributed by atoms with Crippen LogP contribution in [-0.2, 0) is 0 Å². The van der Waals surface area contributed by atoms with Gasteiger partial charge in [0.25, 0.3) is 0 Å². The largest absolute Gasteiger partial charge is 0.327 e. The second kappa shape index (κ2) is 5.61. The summed E-state index contributed by atoms with van der Waals surface area (Å²) >= 11 is 0. The van der Waals surface area contributed by atoms with Gasteiger partial charge in [0.15, 0.2) is 0 Å². The van der Waals surface area contributed by atoms with Crippen LogP contribution in [0.2, 0.25) is 0 Å². The number of anilines is 1. The van der Waals surface area contributed by atoms with Crippen LogP contribution in [0.5, 0.6) is 0 Å². The van der Waals surface area contributed by atoms with Gasteiger partial charge in [0.1, 0.15) is 0 Å². The molecule has 3 heteroatoms. The SMILES string of the molecule is O=C(Nc1ccccc1)NC1c2ccccc2-c2ccccc21. The second-order valence-corrected chi connectivity index (χ2v) is 5.57. The zero-order valence-electron chi connectivity index (χ0n) is 12.5. The molecule has 23 heavy (non-hydrogen) atoms. The standard InChI is InChI=1S/C20H16N2O/c23-20(21-14-8-2-1-3-9-14)22-19-17-12-6-4-10-15(17)16-11-5-7-13-18(16)19/h1-13,19H,(H2,21,22,23). The summed E-state index contributed by atoms with van der Waals surface area (Å²) in [6.07, 6.45) is 0. The minimum atomic E-state index is -0.201. The Morgan fingerprint density at radius 3 is 1.83 bits per heavy atom. The number of urea groups is 1. The molecule has 0 aliphatic heterocycles. The van der Waals surface area contributed by atoms with Crippen molar-refractivity contribution in [3.05, 3.63) is 90.0 Å². The average molecular weight is 300 g/mol. The van der Waals surface area contributed by atoms with Crippen LogP contribution in [0.4, 0.5) is 10.5 Å². The molecule has 0 atom stereocenters. The summed E-state index contributed by atoms with van der Waals surface area (Å²) in [6, 6.07) is 25.6. The predicted octanol–water partition coefficient (Wildman–Crippen LogP) is 4.58. The normalized spacial score (nSPS) is 12.3. The molecule has 0 aromatic heterocycles. The number of para-hydroxylation sites is 1.